The predicted octanol–water partition coefficient (Wildman–Crippen LogP) is 3.82. The number of piperidine rings is 1. The van der Waals surface area contributed by atoms with Crippen LogP contribution in [-0.4, -0.2) is 41.9 Å². The Hall–Kier alpha value is -3.36. The molecule has 1 aliphatic rings. The standard InChI is InChI=1S/C19H21FN4O4/c1-27-19(26)24-8-3-2-6-17(24)28-16-10-13(20)9-15(11-16)23-18(25)22-14-5-4-7-21-12-14/h4-5,7,9-12,17H,2-3,6,8H2,1H3,(H2,22,23,25)/t17-/m1/s1. The molecule has 0 bridgehead atoms. The lowest BCUT2D eigenvalue weighted by Gasteiger charge is -2.34. The first-order valence-electron chi connectivity index (χ1n) is 8.85. The summed E-state index contributed by atoms with van der Waals surface area (Å²) in [6.07, 6.45) is 4.36. The number of benzene rings is 1. The van der Waals surface area contributed by atoms with Gasteiger partial charge in [0, 0.05) is 37.0 Å². The Bertz CT molecular complexity index is 834. The summed E-state index contributed by atoms with van der Waals surface area (Å²) in [7, 11) is 1.30. The first-order chi connectivity index (χ1) is 13.5. The van der Waals surface area contributed by atoms with Gasteiger partial charge in [-0.05, 0) is 31.0 Å². The highest BCUT2D eigenvalue weighted by Crippen LogP contribution is 2.26. The van der Waals surface area contributed by atoms with E-state index >= 15 is 0 Å². The van der Waals surface area contributed by atoms with Crippen LogP contribution in [0.25, 0.3) is 0 Å². The van der Waals surface area contributed by atoms with Gasteiger partial charge in [-0.15, -0.1) is 0 Å². The third kappa shape index (κ3) is 5.09. The van der Waals surface area contributed by atoms with E-state index in [0.717, 1.165) is 12.8 Å². The lowest BCUT2D eigenvalue weighted by molar-refractivity contribution is -0.000256. The Morgan fingerprint density at radius 3 is 2.79 bits per heavy atom. The first-order valence-corrected chi connectivity index (χ1v) is 8.85. The minimum absolute atomic E-state index is 0.206. The fourth-order valence-corrected chi connectivity index (χ4v) is 2.94. The van der Waals surface area contributed by atoms with Gasteiger partial charge in [-0.25, -0.2) is 14.0 Å². The molecular weight excluding hydrogens is 367 g/mol. The highest BCUT2D eigenvalue weighted by Gasteiger charge is 2.29. The smallest absolute Gasteiger partial charge is 0.412 e. The van der Waals surface area contributed by atoms with Gasteiger partial charge in [0.2, 0.25) is 0 Å². The Balaban J connectivity index is 1.68. The fourth-order valence-electron chi connectivity index (χ4n) is 2.94. The quantitative estimate of drug-likeness (QED) is 0.831. The molecule has 2 N–H and O–H groups in total. The number of ether oxygens (including phenoxy) is 2. The van der Waals surface area contributed by atoms with Crippen molar-refractivity contribution in [1.29, 1.82) is 0 Å². The Labute approximate surface area is 161 Å². The third-order valence-corrected chi connectivity index (χ3v) is 4.18. The number of hydrogen-bond donors (Lipinski definition) is 2. The van der Waals surface area contributed by atoms with Gasteiger partial charge in [-0.2, -0.15) is 0 Å². The number of anilines is 2. The monoisotopic (exact) mass is 388 g/mol. The largest absolute Gasteiger partial charge is 0.470 e. The van der Waals surface area contributed by atoms with Gasteiger partial charge in [0.15, 0.2) is 6.23 Å². The number of carbonyl (C=O) groups is 2. The molecule has 3 rings (SSSR count). The van der Waals surface area contributed by atoms with Crippen LogP contribution in [0.15, 0.2) is 42.7 Å². The number of pyridine rings is 1. The van der Waals surface area contributed by atoms with Crippen LogP contribution in [0.3, 0.4) is 0 Å². The number of amides is 3. The van der Waals surface area contributed by atoms with Crippen LogP contribution in [0, 0.1) is 5.82 Å². The van der Waals surface area contributed by atoms with E-state index in [1.165, 1.54) is 36.4 Å². The maximum atomic E-state index is 14.0. The molecule has 28 heavy (non-hydrogen) atoms. The summed E-state index contributed by atoms with van der Waals surface area (Å²) in [4.78, 5) is 29.4. The van der Waals surface area contributed by atoms with E-state index in [1.54, 1.807) is 18.3 Å². The summed E-state index contributed by atoms with van der Waals surface area (Å²) in [6.45, 7) is 0.505. The van der Waals surface area contributed by atoms with Gasteiger partial charge in [0.05, 0.1) is 19.0 Å². The molecular formula is C19H21FN4O4. The SMILES string of the molecule is COC(=O)N1CCCC[C@H]1Oc1cc(F)cc(NC(=O)Nc2cccnc2)c1. The number of carbonyl (C=O) groups excluding carboxylic acids is 2. The zero-order chi connectivity index (χ0) is 19.9. The molecule has 148 valence electrons. The van der Waals surface area contributed by atoms with E-state index < -0.39 is 24.2 Å². The summed E-state index contributed by atoms with van der Waals surface area (Å²) in [5, 5.41) is 5.15. The topological polar surface area (TPSA) is 92.8 Å². The van der Waals surface area contributed by atoms with Crippen molar-refractivity contribution in [1.82, 2.24) is 9.88 Å². The predicted molar refractivity (Wildman–Crippen MR) is 101 cm³/mol. The summed E-state index contributed by atoms with van der Waals surface area (Å²) >= 11 is 0. The molecule has 8 nitrogen and oxygen atoms in total. The molecule has 0 aliphatic carbocycles. The molecule has 0 saturated carbocycles. The number of aromatic nitrogens is 1. The molecule has 0 radical (unpaired) electrons. The summed E-state index contributed by atoms with van der Waals surface area (Å²) in [5.74, 6) is -0.368. The lowest BCUT2D eigenvalue weighted by Crippen LogP contribution is -2.46. The second-order valence-corrected chi connectivity index (χ2v) is 6.23. The van der Waals surface area contributed by atoms with Crippen molar-refractivity contribution < 1.29 is 23.5 Å². The van der Waals surface area contributed by atoms with Gasteiger partial charge in [0.25, 0.3) is 0 Å². The second kappa shape index (κ2) is 9.03. The van der Waals surface area contributed by atoms with E-state index in [4.69, 9.17) is 9.47 Å². The molecule has 0 spiro atoms. The van der Waals surface area contributed by atoms with E-state index in [9.17, 15) is 14.0 Å². The maximum Gasteiger partial charge on any atom is 0.412 e. The van der Waals surface area contributed by atoms with E-state index in [2.05, 4.69) is 15.6 Å². The number of rotatable bonds is 4. The molecule has 0 unspecified atom stereocenters. The molecule has 2 heterocycles. The van der Waals surface area contributed by atoms with E-state index in [0.29, 0.717) is 18.7 Å². The maximum absolute atomic E-state index is 14.0. The molecule has 2 aromatic rings. The van der Waals surface area contributed by atoms with Gasteiger partial charge in [-0.1, -0.05) is 0 Å². The fraction of sp³-hybridized carbons (Fsp3) is 0.316. The molecule has 1 aromatic carbocycles. The van der Waals surface area contributed by atoms with Crippen LogP contribution in [0.5, 0.6) is 5.75 Å². The van der Waals surface area contributed by atoms with Crippen molar-refractivity contribution in [2.75, 3.05) is 24.3 Å². The third-order valence-electron chi connectivity index (χ3n) is 4.18. The van der Waals surface area contributed by atoms with Crippen molar-refractivity contribution in [2.45, 2.75) is 25.5 Å². The van der Waals surface area contributed by atoms with Crippen molar-refractivity contribution in [3.63, 3.8) is 0 Å². The van der Waals surface area contributed by atoms with Crippen LogP contribution < -0.4 is 15.4 Å². The molecule has 1 saturated heterocycles. The van der Waals surface area contributed by atoms with Crippen LogP contribution in [0.4, 0.5) is 25.4 Å². The first kappa shape index (κ1) is 19.4. The number of methoxy groups -OCH3 is 1. The average Bonchev–Trinajstić information content (AvgIpc) is 2.68. The van der Waals surface area contributed by atoms with Crippen molar-refractivity contribution in [3.05, 3.63) is 48.5 Å². The second-order valence-electron chi connectivity index (χ2n) is 6.23. The van der Waals surface area contributed by atoms with Crippen LogP contribution in [0.2, 0.25) is 0 Å². The van der Waals surface area contributed by atoms with Crippen LogP contribution in [-0.2, 0) is 4.74 Å². The molecule has 9 heteroatoms. The number of hydrogen-bond acceptors (Lipinski definition) is 5. The van der Waals surface area contributed by atoms with Crippen molar-refractivity contribution >= 4 is 23.5 Å². The molecule has 1 atom stereocenters. The summed E-state index contributed by atoms with van der Waals surface area (Å²) in [5.41, 5.74) is 0.723. The number of halogens is 1. The van der Waals surface area contributed by atoms with Gasteiger partial charge < -0.3 is 20.1 Å². The molecule has 1 aliphatic heterocycles. The van der Waals surface area contributed by atoms with Gasteiger partial charge in [0.1, 0.15) is 11.6 Å². The van der Waals surface area contributed by atoms with Crippen LogP contribution >= 0.6 is 0 Å². The molecule has 1 fully saturated rings. The van der Waals surface area contributed by atoms with Gasteiger partial charge in [-0.3, -0.25) is 9.88 Å². The van der Waals surface area contributed by atoms with Crippen LogP contribution in [0.1, 0.15) is 19.3 Å². The Morgan fingerprint density at radius 1 is 1.21 bits per heavy atom. The Morgan fingerprint density at radius 2 is 2.04 bits per heavy atom. The highest BCUT2D eigenvalue weighted by atomic mass is 19.1. The zero-order valence-corrected chi connectivity index (χ0v) is 15.4. The van der Waals surface area contributed by atoms with E-state index in [-0.39, 0.29) is 11.4 Å². The minimum Gasteiger partial charge on any atom is -0.470 e. The normalized spacial score (nSPS) is 16.2. The zero-order valence-electron chi connectivity index (χ0n) is 15.4. The molecule has 1 aromatic heterocycles. The number of likely N-dealkylation sites (tertiary alicyclic amines) is 1. The average molecular weight is 388 g/mol. The number of nitrogens with one attached hydrogen (secondary N) is 2. The lowest BCUT2D eigenvalue weighted by atomic mass is 10.1. The number of nitrogens with zero attached hydrogens (tertiary/aromatic N) is 2. The van der Waals surface area contributed by atoms with Gasteiger partial charge >= 0.3 is 12.1 Å². The highest BCUT2D eigenvalue weighted by molar-refractivity contribution is 5.99. The summed E-state index contributed by atoms with van der Waals surface area (Å²) in [6, 6.07) is 6.69. The van der Waals surface area contributed by atoms with Crippen molar-refractivity contribution in [2.24, 2.45) is 0 Å². The summed E-state index contributed by atoms with van der Waals surface area (Å²) < 4.78 is 24.6. The van der Waals surface area contributed by atoms with Crippen molar-refractivity contribution in [3.8, 4) is 5.75 Å². The molecule has 3 amide bonds. The van der Waals surface area contributed by atoms with E-state index in [1.807, 2.05) is 0 Å². The Kier molecular flexibility index (Phi) is 6.25. The number of urea groups is 1. The minimum atomic E-state index is -0.574.